The average Bonchev–Trinajstić information content (AvgIpc) is 2.95. The summed E-state index contributed by atoms with van der Waals surface area (Å²) < 4.78 is 2.01. The van der Waals surface area contributed by atoms with Crippen LogP contribution < -0.4 is 5.73 Å². The Bertz CT molecular complexity index is 610. The molecule has 5 heteroatoms. The number of para-hydroxylation sites is 1. The van der Waals surface area contributed by atoms with Crippen LogP contribution in [0.2, 0.25) is 0 Å². The lowest BCUT2D eigenvalue weighted by molar-refractivity contribution is 0.428. The van der Waals surface area contributed by atoms with Crippen LogP contribution in [0.5, 0.6) is 0 Å². The van der Waals surface area contributed by atoms with Crippen LogP contribution in [0.1, 0.15) is 31.2 Å². The minimum atomic E-state index is 0.594. The predicted octanol–water partition coefficient (Wildman–Crippen LogP) is 2.56. The average molecular weight is 297 g/mol. The van der Waals surface area contributed by atoms with Crippen LogP contribution in [0.3, 0.4) is 0 Å². The Balaban J connectivity index is 1.74. The number of guanidine groups is 1. The number of aromatic nitrogens is 2. The first kappa shape index (κ1) is 14.6. The fourth-order valence-corrected chi connectivity index (χ4v) is 2.86. The molecule has 116 valence electrons. The zero-order chi connectivity index (χ0) is 15.2. The molecule has 0 spiro atoms. The van der Waals surface area contributed by atoms with Crippen molar-refractivity contribution in [2.45, 2.75) is 32.2 Å². The number of nitrogens with zero attached hydrogens (tertiary/aromatic N) is 4. The van der Waals surface area contributed by atoms with Crippen molar-refractivity contribution >= 4 is 5.96 Å². The van der Waals surface area contributed by atoms with E-state index in [2.05, 4.69) is 27.0 Å². The molecule has 1 aromatic heterocycles. The van der Waals surface area contributed by atoms with Gasteiger partial charge in [0, 0.05) is 25.5 Å². The van der Waals surface area contributed by atoms with Crippen LogP contribution in [0.15, 0.2) is 48.0 Å². The smallest absolute Gasteiger partial charge is 0.191 e. The van der Waals surface area contributed by atoms with E-state index in [4.69, 9.17) is 5.73 Å². The first-order chi connectivity index (χ1) is 10.8. The molecule has 2 heterocycles. The zero-order valence-electron chi connectivity index (χ0n) is 12.9. The number of aliphatic imine (C=N–C) groups is 1. The molecule has 0 saturated carbocycles. The molecule has 0 radical (unpaired) electrons. The maximum absolute atomic E-state index is 6.19. The van der Waals surface area contributed by atoms with Gasteiger partial charge in [-0.25, -0.2) is 9.98 Å². The minimum Gasteiger partial charge on any atom is -0.370 e. The lowest BCUT2D eigenvalue weighted by atomic mass is 10.2. The van der Waals surface area contributed by atoms with Crippen molar-refractivity contribution in [2.24, 2.45) is 10.7 Å². The van der Waals surface area contributed by atoms with Crippen molar-refractivity contribution in [2.75, 3.05) is 13.1 Å². The molecule has 3 rings (SSSR count). The van der Waals surface area contributed by atoms with Gasteiger partial charge in [-0.15, -0.1) is 0 Å². The Morgan fingerprint density at radius 2 is 1.91 bits per heavy atom. The maximum Gasteiger partial charge on any atom is 0.191 e. The van der Waals surface area contributed by atoms with E-state index in [1.54, 1.807) is 12.5 Å². The number of rotatable bonds is 3. The van der Waals surface area contributed by atoms with E-state index in [1.807, 2.05) is 22.9 Å². The topological polar surface area (TPSA) is 59.4 Å². The van der Waals surface area contributed by atoms with Crippen LogP contribution >= 0.6 is 0 Å². The summed E-state index contributed by atoms with van der Waals surface area (Å²) >= 11 is 0. The summed E-state index contributed by atoms with van der Waals surface area (Å²) in [7, 11) is 0. The summed E-state index contributed by atoms with van der Waals surface area (Å²) in [6.07, 6.45) is 10.6. The SMILES string of the molecule is NC(=NCc1ccccc1-n1ccnc1)N1CCCCCC1. The molecule has 0 bridgehead atoms. The van der Waals surface area contributed by atoms with Gasteiger partial charge in [0.2, 0.25) is 0 Å². The fourth-order valence-electron chi connectivity index (χ4n) is 2.86. The van der Waals surface area contributed by atoms with Gasteiger partial charge in [0.25, 0.3) is 0 Å². The highest BCUT2D eigenvalue weighted by molar-refractivity contribution is 5.78. The third-order valence-electron chi connectivity index (χ3n) is 4.12. The number of imidazole rings is 1. The highest BCUT2D eigenvalue weighted by atomic mass is 15.2. The Hall–Kier alpha value is -2.30. The second-order valence-corrected chi connectivity index (χ2v) is 5.67. The molecule has 0 atom stereocenters. The van der Waals surface area contributed by atoms with Crippen LogP contribution in [-0.2, 0) is 6.54 Å². The van der Waals surface area contributed by atoms with Crippen molar-refractivity contribution in [3.63, 3.8) is 0 Å². The lowest BCUT2D eigenvalue weighted by Gasteiger charge is -2.21. The molecule has 22 heavy (non-hydrogen) atoms. The normalized spacial score (nSPS) is 16.5. The van der Waals surface area contributed by atoms with Gasteiger partial charge in [-0.3, -0.25) is 0 Å². The van der Waals surface area contributed by atoms with Crippen LogP contribution in [0.25, 0.3) is 5.69 Å². The fraction of sp³-hybridized carbons (Fsp3) is 0.412. The zero-order valence-corrected chi connectivity index (χ0v) is 12.9. The van der Waals surface area contributed by atoms with Crippen LogP contribution in [0.4, 0.5) is 0 Å². The standard InChI is InChI=1S/C17H23N5/c18-17(21-10-5-1-2-6-11-21)20-13-15-7-3-4-8-16(15)22-12-9-19-14-22/h3-4,7-9,12,14H,1-2,5-6,10-11,13H2,(H2,18,20). The molecule has 2 N–H and O–H groups in total. The summed E-state index contributed by atoms with van der Waals surface area (Å²) in [6, 6.07) is 8.23. The van der Waals surface area contributed by atoms with E-state index in [-0.39, 0.29) is 0 Å². The Morgan fingerprint density at radius 1 is 1.14 bits per heavy atom. The van der Waals surface area contributed by atoms with Gasteiger partial charge >= 0.3 is 0 Å². The molecule has 0 amide bonds. The Labute approximate surface area is 131 Å². The van der Waals surface area contributed by atoms with E-state index >= 15 is 0 Å². The molecule has 1 fully saturated rings. The van der Waals surface area contributed by atoms with E-state index in [0.29, 0.717) is 12.5 Å². The van der Waals surface area contributed by atoms with Crippen LogP contribution in [0, 0.1) is 0 Å². The molecule has 1 aliphatic heterocycles. The van der Waals surface area contributed by atoms with E-state index in [1.165, 1.54) is 25.7 Å². The number of nitrogens with two attached hydrogens (primary N) is 1. The Morgan fingerprint density at radius 3 is 2.64 bits per heavy atom. The van der Waals surface area contributed by atoms with Gasteiger partial charge in [-0.2, -0.15) is 0 Å². The monoisotopic (exact) mass is 297 g/mol. The van der Waals surface area contributed by atoms with Crippen molar-refractivity contribution in [3.05, 3.63) is 48.5 Å². The van der Waals surface area contributed by atoms with Gasteiger partial charge in [-0.05, 0) is 24.5 Å². The highest BCUT2D eigenvalue weighted by Crippen LogP contribution is 2.15. The van der Waals surface area contributed by atoms with E-state index < -0.39 is 0 Å². The summed E-state index contributed by atoms with van der Waals surface area (Å²) in [4.78, 5) is 10.9. The summed E-state index contributed by atoms with van der Waals surface area (Å²) in [5.41, 5.74) is 8.45. The quantitative estimate of drug-likeness (QED) is 0.699. The van der Waals surface area contributed by atoms with Gasteiger partial charge in [-0.1, -0.05) is 31.0 Å². The molecule has 0 aliphatic carbocycles. The van der Waals surface area contributed by atoms with Gasteiger partial charge in [0.15, 0.2) is 5.96 Å². The summed E-state index contributed by atoms with van der Waals surface area (Å²) in [6.45, 7) is 2.65. The summed E-state index contributed by atoms with van der Waals surface area (Å²) in [5.74, 6) is 0.669. The highest BCUT2D eigenvalue weighted by Gasteiger charge is 2.11. The molecular formula is C17H23N5. The first-order valence-corrected chi connectivity index (χ1v) is 7.96. The van der Waals surface area contributed by atoms with Crippen LogP contribution in [-0.4, -0.2) is 33.5 Å². The molecule has 1 aromatic carbocycles. The number of hydrogen-bond donors (Lipinski definition) is 1. The predicted molar refractivity (Wildman–Crippen MR) is 88.9 cm³/mol. The molecular weight excluding hydrogens is 274 g/mol. The summed E-state index contributed by atoms with van der Waals surface area (Å²) in [5, 5.41) is 0. The van der Waals surface area contributed by atoms with Gasteiger partial charge < -0.3 is 15.2 Å². The number of benzene rings is 1. The maximum atomic E-state index is 6.19. The van der Waals surface area contributed by atoms with Crippen molar-refractivity contribution in [1.82, 2.24) is 14.5 Å². The third-order valence-corrected chi connectivity index (χ3v) is 4.12. The first-order valence-electron chi connectivity index (χ1n) is 7.96. The number of hydrogen-bond acceptors (Lipinski definition) is 2. The largest absolute Gasteiger partial charge is 0.370 e. The molecule has 2 aromatic rings. The Kier molecular flexibility index (Phi) is 4.73. The van der Waals surface area contributed by atoms with Crippen molar-refractivity contribution in [3.8, 4) is 5.69 Å². The molecule has 0 unspecified atom stereocenters. The number of likely N-dealkylation sites (tertiary alicyclic amines) is 1. The van der Waals surface area contributed by atoms with Crippen molar-refractivity contribution < 1.29 is 0 Å². The van der Waals surface area contributed by atoms with Gasteiger partial charge in [0.1, 0.15) is 0 Å². The van der Waals surface area contributed by atoms with Gasteiger partial charge in [0.05, 0.1) is 18.6 Å². The second kappa shape index (κ2) is 7.11. The second-order valence-electron chi connectivity index (χ2n) is 5.67. The van der Waals surface area contributed by atoms with E-state index in [9.17, 15) is 0 Å². The molecule has 1 aliphatic rings. The lowest BCUT2D eigenvalue weighted by Crippen LogP contribution is -2.38. The minimum absolute atomic E-state index is 0.594. The van der Waals surface area contributed by atoms with E-state index in [0.717, 1.165) is 24.3 Å². The van der Waals surface area contributed by atoms with Crippen molar-refractivity contribution in [1.29, 1.82) is 0 Å². The third kappa shape index (κ3) is 3.47. The molecule has 1 saturated heterocycles. The molecule has 5 nitrogen and oxygen atoms in total.